The van der Waals surface area contributed by atoms with Crippen LogP contribution in [0.5, 0.6) is 0 Å². The van der Waals surface area contributed by atoms with Gasteiger partial charge in [0.25, 0.3) is 0 Å². The van der Waals surface area contributed by atoms with Gasteiger partial charge in [-0.15, -0.1) is 0 Å². The molecule has 4 aliphatic rings. The Morgan fingerprint density at radius 3 is 1.03 bits per heavy atom. The molecule has 12 N–H and O–H groups in total. The fourth-order valence-corrected chi connectivity index (χ4v) is 11.1. The van der Waals surface area contributed by atoms with Gasteiger partial charge in [-0.1, -0.05) is 6.07 Å². The molecule has 0 bridgehead atoms. The zero-order valence-corrected chi connectivity index (χ0v) is 58.4. The molecule has 4 fully saturated rings. The van der Waals surface area contributed by atoms with E-state index in [0.717, 1.165) is 82.2 Å². The van der Waals surface area contributed by atoms with Gasteiger partial charge in [-0.2, -0.15) is 20.4 Å². The second-order valence-corrected chi connectivity index (χ2v) is 26.1. The molecule has 4 unspecified atom stereocenters. The summed E-state index contributed by atoms with van der Waals surface area (Å²) in [6, 6.07) is 24.2. The van der Waals surface area contributed by atoms with E-state index in [1.165, 1.54) is 69.3 Å². The second kappa shape index (κ2) is 31.8. The minimum atomic E-state index is -0.711. The summed E-state index contributed by atoms with van der Waals surface area (Å²) in [7, 11) is 0. The van der Waals surface area contributed by atoms with Gasteiger partial charge in [0.2, 0.25) is 0 Å². The van der Waals surface area contributed by atoms with Gasteiger partial charge in [0, 0.05) is 107 Å². The summed E-state index contributed by atoms with van der Waals surface area (Å²) in [6.45, 7) is 14.9. The van der Waals surface area contributed by atoms with Gasteiger partial charge in [0.05, 0.1) is 66.0 Å². The number of halogens is 4. The third-order valence-corrected chi connectivity index (χ3v) is 16.9. The Labute approximate surface area is 595 Å². The molecule has 4 aliphatic carbocycles. The lowest BCUT2D eigenvalue weighted by molar-refractivity contribution is 0.550. The van der Waals surface area contributed by atoms with Crippen LogP contribution in [-0.4, -0.2) is 106 Å². The Balaban J connectivity index is 0.000000123. The number of nitrogens with zero attached hydrogens (tertiary/aromatic N) is 17. The summed E-state index contributed by atoms with van der Waals surface area (Å²) in [5.74, 6) is 11.2. The average molecular weight is 1410 g/mol. The predicted octanol–water partition coefficient (Wildman–Crippen LogP) is 14.7. The molecule has 104 heavy (non-hydrogen) atoms. The smallest absolute Gasteiger partial charge is 0.159 e. The van der Waals surface area contributed by atoms with Crippen LogP contribution in [0.2, 0.25) is 0 Å². The van der Waals surface area contributed by atoms with Crippen LogP contribution in [0.4, 0.5) is 87.4 Å². The van der Waals surface area contributed by atoms with Crippen LogP contribution in [0, 0.1) is 51.0 Å². The third-order valence-electron chi connectivity index (χ3n) is 16.9. The number of aryl methyl sites for hydroxylation is 4. The fourth-order valence-electron chi connectivity index (χ4n) is 11.1. The van der Waals surface area contributed by atoms with Gasteiger partial charge in [0.15, 0.2) is 29.1 Å². The van der Waals surface area contributed by atoms with Crippen LogP contribution < -0.4 is 42.5 Å². The molecule has 4 saturated carbocycles. The number of aromatic amines is 4. The van der Waals surface area contributed by atoms with Crippen LogP contribution in [-0.2, 0) is 0 Å². The molecule has 0 amide bonds. The maximum Gasteiger partial charge on any atom is 0.159 e. The second-order valence-electron chi connectivity index (χ2n) is 26.1. The maximum absolute atomic E-state index is 13.9. The number of hydrogen-bond donors (Lipinski definition) is 12. The molecule has 12 aromatic heterocycles. The molecular weight excluding hydrogens is 1330 g/mol. The topological polar surface area (TPSA) is 379 Å². The van der Waals surface area contributed by atoms with E-state index in [2.05, 4.69) is 161 Å². The first-order valence-electron chi connectivity index (χ1n) is 34.4. The molecule has 0 aromatic carbocycles. The lowest BCUT2D eigenvalue weighted by Gasteiger charge is -2.15. The van der Waals surface area contributed by atoms with Crippen LogP contribution in [0.3, 0.4) is 0 Å². The normalized spacial score (nSPS) is 14.9. The molecule has 0 spiro atoms. The zero-order chi connectivity index (χ0) is 72.4. The van der Waals surface area contributed by atoms with E-state index >= 15 is 0 Å². The highest BCUT2D eigenvalue weighted by Crippen LogP contribution is 2.42. The van der Waals surface area contributed by atoms with Crippen molar-refractivity contribution in [1.82, 2.24) is 106 Å². The highest BCUT2D eigenvalue weighted by atomic mass is 19.1. The van der Waals surface area contributed by atoms with Gasteiger partial charge in [-0.3, -0.25) is 35.3 Å². The Morgan fingerprint density at radius 2 is 0.683 bits per heavy atom. The molecule has 0 radical (unpaired) electrons. The van der Waals surface area contributed by atoms with Crippen molar-refractivity contribution in [2.24, 2.45) is 0 Å². The Morgan fingerprint density at radius 1 is 0.337 bits per heavy atom. The van der Waals surface area contributed by atoms with E-state index in [-0.39, 0.29) is 29.6 Å². The van der Waals surface area contributed by atoms with Gasteiger partial charge in [0.1, 0.15) is 93.1 Å². The van der Waals surface area contributed by atoms with Crippen LogP contribution >= 0.6 is 0 Å². The van der Waals surface area contributed by atoms with E-state index in [1.807, 2.05) is 83.1 Å². The molecule has 0 aliphatic heterocycles. The molecule has 33 heteroatoms. The summed E-state index contributed by atoms with van der Waals surface area (Å²) in [5, 5.41) is 55.1. The zero-order valence-electron chi connectivity index (χ0n) is 58.4. The molecule has 536 valence electrons. The van der Waals surface area contributed by atoms with E-state index < -0.39 is 23.5 Å². The van der Waals surface area contributed by atoms with Crippen molar-refractivity contribution in [1.29, 1.82) is 0 Å². The van der Waals surface area contributed by atoms with Crippen molar-refractivity contribution < 1.29 is 17.6 Å². The minimum Gasteiger partial charge on any atom is -0.362 e. The van der Waals surface area contributed by atoms with Gasteiger partial charge >= 0.3 is 0 Å². The van der Waals surface area contributed by atoms with Crippen LogP contribution in [0.25, 0.3) is 0 Å². The number of anilines is 12. The minimum absolute atomic E-state index is 0.0511. The number of hydrogen-bond acceptors (Lipinski definition) is 25. The summed E-state index contributed by atoms with van der Waals surface area (Å²) < 4.78 is 53.0. The summed E-state index contributed by atoms with van der Waals surface area (Å²) in [4.78, 5) is 55.5. The highest BCUT2D eigenvalue weighted by Gasteiger charge is 2.29. The van der Waals surface area contributed by atoms with E-state index in [4.69, 9.17) is 0 Å². The lowest BCUT2D eigenvalue weighted by Crippen LogP contribution is -2.13. The molecule has 29 nitrogen and oxygen atoms in total. The van der Waals surface area contributed by atoms with E-state index in [1.54, 1.807) is 38.2 Å². The monoisotopic (exact) mass is 1410 g/mol. The van der Waals surface area contributed by atoms with Gasteiger partial charge < -0.3 is 42.5 Å². The third kappa shape index (κ3) is 19.9. The number of pyridine rings is 3. The molecule has 16 rings (SSSR count). The first-order valence-corrected chi connectivity index (χ1v) is 34.4. The Hall–Kier alpha value is -12.2. The average Bonchev–Trinajstić information content (AvgIpc) is 1.80. The van der Waals surface area contributed by atoms with Gasteiger partial charge in [-0.25, -0.2) is 67.4 Å². The fraction of sp³-hybridized carbons (Fsp3) is 0.338. The largest absolute Gasteiger partial charge is 0.362 e. The van der Waals surface area contributed by atoms with Crippen molar-refractivity contribution in [3.8, 4) is 0 Å². The summed E-state index contributed by atoms with van der Waals surface area (Å²) in [6.07, 6.45) is 16.0. The van der Waals surface area contributed by atoms with Gasteiger partial charge in [-0.05, 0) is 131 Å². The van der Waals surface area contributed by atoms with Crippen molar-refractivity contribution in [3.05, 3.63) is 208 Å². The number of rotatable bonds is 24. The van der Waals surface area contributed by atoms with Crippen molar-refractivity contribution in [3.63, 3.8) is 0 Å². The number of aromatic nitrogens is 21. The molecular formula is C71H79F4N29. The van der Waals surface area contributed by atoms with E-state index in [9.17, 15) is 17.6 Å². The quantitative estimate of drug-likeness (QED) is 0.0250. The Bertz CT molecular complexity index is 4690. The standard InChI is InChI=1S/C18H19F2N7.C18H20FN7.C18H21N7.C17H19FN8/c1-9(18-13(20)5-12(19)8-21-18)22-15-7-16(24-10(2)23-15)25-17-6-14(26-27-17)11-3-4-11;1-10(14-6-5-13(19)9-20-14)21-16-8-17(23-11(2)22-16)24-18-7-15(25-26-18)12-3-4-12;1-11(14-5-3-4-8-19-14)20-16-10-17(22-12(2)21-16)23-18-9-15(24-25-18)13-6-7-13;1-9(17-19-7-12(18)8-20-17)21-14-6-15(23-10(2)22-14)24-16-5-13(25-26-16)11-3-4-11/h5-9,11H,3-4H2,1-2H3,(H3,22,23,24,25,26,27);5-10,12H,3-4H2,1-2H3,(H3,21,22,23,24,25,26);3-5,8-11,13H,6-7H2,1-2H3,(H3,20,21,22,23,24,25);5-9,11H,3-4H2,1-2H3,(H3,21,22,23,24,25,26). The van der Waals surface area contributed by atoms with E-state index in [0.29, 0.717) is 93.5 Å². The van der Waals surface area contributed by atoms with Crippen molar-refractivity contribution >= 4 is 69.8 Å². The van der Waals surface area contributed by atoms with Crippen LogP contribution in [0.15, 0.2) is 116 Å². The molecule has 12 aromatic rings. The first kappa shape index (κ1) is 70.3. The highest BCUT2D eigenvalue weighted by molar-refractivity contribution is 5.61. The SMILES string of the molecule is Cc1nc(Nc2cc(C3CC3)[nH]n2)cc(NC(C)c2ccc(F)cn2)n1.Cc1nc(Nc2cc(C3CC3)[nH]n2)cc(NC(C)c2ccccn2)n1.Cc1nc(Nc2cc(C3CC3)[nH]n2)cc(NC(C)c2ncc(F)cc2F)n1.Cc1nc(Nc2cc(C3CC3)[nH]n2)cc(NC(C)c2ncc(F)cn2)n1. The maximum atomic E-state index is 13.9. The molecule has 4 atom stereocenters. The first-order chi connectivity index (χ1) is 50.3. The summed E-state index contributed by atoms with van der Waals surface area (Å²) in [5.41, 5.74) is 6.44. The Kier molecular flexibility index (Phi) is 21.5. The molecule has 12 heterocycles. The number of H-pyrrole nitrogens is 4. The predicted molar refractivity (Wildman–Crippen MR) is 385 cm³/mol. The summed E-state index contributed by atoms with van der Waals surface area (Å²) >= 11 is 0. The van der Waals surface area contributed by atoms with Crippen LogP contribution in [0.1, 0.15) is 196 Å². The number of nitrogens with one attached hydrogen (secondary N) is 12. The van der Waals surface area contributed by atoms with Crippen molar-refractivity contribution in [2.75, 3.05) is 42.5 Å². The molecule has 0 saturated heterocycles. The lowest BCUT2D eigenvalue weighted by atomic mass is 10.2. The van der Waals surface area contributed by atoms with Crippen molar-refractivity contribution in [2.45, 2.75) is 155 Å².